The molecule has 0 bridgehead atoms. The van der Waals surface area contributed by atoms with Crippen LogP contribution in [0.15, 0.2) is 30.3 Å². The SMILES string of the molecule is Cc1cc(C)c(NC(=O)[C@@H]2CC(=O)N(c3cccc(C)c3C)C2)c(C)c1. The minimum atomic E-state index is -0.331. The Morgan fingerprint density at radius 2 is 1.69 bits per heavy atom. The van der Waals surface area contributed by atoms with Crippen LogP contribution in [-0.2, 0) is 9.59 Å². The molecule has 0 aromatic heterocycles. The van der Waals surface area contributed by atoms with Crippen molar-refractivity contribution in [1.82, 2.24) is 0 Å². The highest BCUT2D eigenvalue weighted by Crippen LogP contribution is 2.30. The molecule has 1 fully saturated rings. The number of carbonyl (C=O) groups excluding carboxylic acids is 2. The number of amides is 2. The zero-order chi connectivity index (χ0) is 19.0. The normalized spacial score (nSPS) is 16.9. The van der Waals surface area contributed by atoms with Gasteiger partial charge in [-0.05, 0) is 62.9 Å². The fourth-order valence-corrected chi connectivity index (χ4v) is 3.75. The van der Waals surface area contributed by atoms with Crippen molar-refractivity contribution in [3.05, 3.63) is 58.1 Å². The van der Waals surface area contributed by atoms with E-state index in [0.717, 1.165) is 33.6 Å². The van der Waals surface area contributed by atoms with Crippen LogP contribution in [0, 0.1) is 40.5 Å². The van der Waals surface area contributed by atoms with E-state index in [4.69, 9.17) is 0 Å². The fraction of sp³-hybridized carbons (Fsp3) is 0.364. The summed E-state index contributed by atoms with van der Waals surface area (Å²) in [4.78, 5) is 27.1. The average molecular weight is 350 g/mol. The second-order valence-corrected chi connectivity index (χ2v) is 7.39. The Bertz CT molecular complexity index is 863. The predicted octanol–water partition coefficient (Wildman–Crippen LogP) is 4.22. The summed E-state index contributed by atoms with van der Waals surface area (Å²) in [6, 6.07) is 10.1. The Kier molecular flexibility index (Phi) is 4.86. The van der Waals surface area contributed by atoms with Crippen LogP contribution in [0.3, 0.4) is 0 Å². The smallest absolute Gasteiger partial charge is 0.229 e. The van der Waals surface area contributed by atoms with Crippen LogP contribution >= 0.6 is 0 Å². The van der Waals surface area contributed by atoms with Crippen molar-refractivity contribution >= 4 is 23.2 Å². The first-order valence-electron chi connectivity index (χ1n) is 9.03. The molecule has 1 aliphatic heterocycles. The molecule has 136 valence electrons. The summed E-state index contributed by atoms with van der Waals surface area (Å²) >= 11 is 0. The van der Waals surface area contributed by atoms with Gasteiger partial charge in [-0.25, -0.2) is 0 Å². The zero-order valence-corrected chi connectivity index (χ0v) is 16.1. The number of hydrogen-bond donors (Lipinski definition) is 1. The van der Waals surface area contributed by atoms with E-state index in [1.165, 1.54) is 5.56 Å². The van der Waals surface area contributed by atoms with E-state index < -0.39 is 0 Å². The summed E-state index contributed by atoms with van der Waals surface area (Å²) in [5.74, 6) is -0.403. The number of benzene rings is 2. The highest BCUT2D eigenvalue weighted by Gasteiger charge is 2.36. The van der Waals surface area contributed by atoms with Crippen LogP contribution in [0.2, 0.25) is 0 Å². The van der Waals surface area contributed by atoms with E-state index in [1.54, 1.807) is 4.90 Å². The average Bonchev–Trinajstić information content (AvgIpc) is 2.95. The van der Waals surface area contributed by atoms with E-state index in [-0.39, 0.29) is 24.2 Å². The summed E-state index contributed by atoms with van der Waals surface area (Å²) < 4.78 is 0. The van der Waals surface area contributed by atoms with Crippen LogP contribution in [0.5, 0.6) is 0 Å². The first kappa shape index (κ1) is 18.2. The van der Waals surface area contributed by atoms with Gasteiger partial charge < -0.3 is 10.2 Å². The molecule has 1 saturated heterocycles. The second-order valence-electron chi connectivity index (χ2n) is 7.39. The number of rotatable bonds is 3. The Balaban J connectivity index is 1.79. The highest BCUT2D eigenvalue weighted by atomic mass is 16.2. The largest absolute Gasteiger partial charge is 0.325 e. The number of hydrogen-bond acceptors (Lipinski definition) is 2. The summed E-state index contributed by atoms with van der Waals surface area (Å²) in [6.45, 7) is 10.5. The number of nitrogens with one attached hydrogen (secondary N) is 1. The third-order valence-corrected chi connectivity index (χ3v) is 5.29. The molecule has 1 atom stereocenters. The molecule has 0 radical (unpaired) electrons. The Hall–Kier alpha value is -2.62. The summed E-state index contributed by atoms with van der Waals surface area (Å²) in [7, 11) is 0. The molecule has 2 aromatic carbocycles. The van der Waals surface area contributed by atoms with Gasteiger partial charge in [0.1, 0.15) is 0 Å². The molecule has 4 nitrogen and oxygen atoms in total. The predicted molar refractivity (Wildman–Crippen MR) is 106 cm³/mol. The molecule has 0 aliphatic carbocycles. The third-order valence-electron chi connectivity index (χ3n) is 5.29. The van der Waals surface area contributed by atoms with Crippen molar-refractivity contribution in [3.8, 4) is 0 Å². The van der Waals surface area contributed by atoms with Gasteiger partial charge in [-0.1, -0.05) is 29.8 Å². The molecule has 0 unspecified atom stereocenters. The van der Waals surface area contributed by atoms with Gasteiger partial charge in [-0.15, -0.1) is 0 Å². The monoisotopic (exact) mass is 350 g/mol. The molecular formula is C22H26N2O2. The molecular weight excluding hydrogens is 324 g/mol. The van der Waals surface area contributed by atoms with Crippen LogP contribution < -0.4 is 10.2 Å². The lowest BCUT2D eigenvalue weighted by molar-refractivity contribution is -0.122. The van der Waals surface area contributed by atoms with Crippen molar-refractivity contribution in [2.45, 2.75) is 41.0 Å². The lowest BCUT2D eigenvalue weighted by Crippen LogP contribution is -2.29. The van der Waals surface area contributed by atoms with Gasteiger partial charge in [0.2, 0.25) is 11.8 Å². The lowest BCUT2D eigenvalue weighted by Gasteiger charge is -2.20. The van der Waals surface area contributed by atoms with Gasteiger partial charge >= 0.3 is 0 Å². The maximum absolute atomic E-state index is 12.8. The lowest BCUT2D eigenvalue weighted by atomic mass is 10.0. The minimum Gasteiger partial charge on any atom is -0.325 e. The van der Waals surface area contributed by atoms with E-state index in [1.807, 2.05) is 52.8 Å². The fourth-order valence-electron chi connectivity index (χ4n) is 3.75. The van der Waals surface area contributed by atoms with Crippen molar-refractivity contribution < 1.29 is 9.59 Å². The number of carbonyl (C=O) groups is 2. The van der Waals surface area contributed by atoms with E-state index in [0.29, 0.717) is 6.54 Å². The Morgan fingerprint density at radius 3 is 2.35 bits per heavy atom. The van der Waals surface area contributed by atoms with Gasteiger partial charge in [0, 0.05) is 24.3 Å². The van der Waals surface area contributed by atoms with Gasteiger partial charge in [0.25, 0.3) is 0 Å². The van der Waals surface area contributed by atoms with Crippen LogP contribution in [0.4, 0.5) is 11.4 Å². The van der Waals surface area contributed by atoms with Crippen LogP contribution in [0.25, 0.3) is 0 Å². The maximum atomic E-state index is 12.8. The van der Waals surface area contributed by atoms with Gasteiger partial charge in [-0.3, -0.25) is 9.59 Å². The Labute approximate surface area is 155 Å². The first-order chi connectivity index (χ1) is 12.3. The number of nitrogens with zero attached hydrogens (tertiary/aromatic N) is 1. The summed E-state index contributed by atoms with van der Waals surface area (Å²) in [5.41, 5.74) is 7.28. The van der Waals surface area contributed by atoms with Crippen molar-refractivity contribution in [1.29, 1.82) is 0 Å². The van der Waals surface area contributed by atoms with E-state index >= 15 is 0 Å². The molecule has 0 saturated carbocycles. The zero-order valence-electron chi connectivity index (χ0n) is 16.1. The maximum Gasteiger partial charge on any atom is 0.229 e. The molecule has 4 heteroatoms. The van der Waals surface area contributed by atoms with Gasteiger partial charge in [0.15, 0.2) is 0 Å². The van der Waals surface area contributed by atoms with E-state index in [2.05, 4.69) is 17.4 Å². The topological polar surface area (TPSA) is 49.4 Å². The molecule has 2 amide bonds. The third kappa shape index (κ3) is 3.36. The van der Waals surface area contributed by atoms with Crippen LogP contribution in [-0.4, -0.2) is 18.4 Å². The van der Waals surface area contributed by atoms with Crippen molar-refractivity contribution in [2.24, 2.45) is 5.92 Å². The molecule has 3 rings (SSSR count). The van der Waals surface area contributed by atoms with Gasteiger partial charge in [-0.2, -0.15) is 0 Å². The molecule has 26 heavy (non-hydrogen) atoms. The molecule has 1 heterocycles. The first-order valence-corrected chi connectivity index (χ1v) is 9.03. The number of aryl methyl sites for hydroxylation is 4. The summed E-state index contributed by atoms with van der Waals surface area (Å²) in [6.07, 6.45) is 0.253. The Morgan fingerprint density at radius 1 is 1.04 bits per heavy atom. The molecule has 2 aromatic rings. The summed E-state index contributed by atoms with van der Waals surface area (Å²) in [5, 5.41) is 3.05. The molecule has 1 aliphatic rings. The minimum absolute atomic E-state index is 0.0104. The van der Waals surface area contributed by atoms with Crippen molar-refractivity contribution in [3.63, 3.8) is 0 Å². The molecule has 1 N–H and O–H groups in total. The second kappa shape index (κ2) is 6.94. The standard InChI is InChI=1S/C22H26N2O2/c1-13-9-15(3)21(16(4)10-13)23-22(26)18-11-20(25)24(12-18)19-8-6-7-14(2)17(19)5/h6-10,18H,11-12H2,1-5H3,(H,23,26)/t18-/m1/s1. The quantitative estimate of drug-likeness (QED) is 0.901. The van der Waals surface area contributed by atoms with Gasteiger partial charge in [0.05, 0.1) is 5.92 Å². The number of anilines is 2. The van der Waals surface area contributed by atoms with E-state index in [9.17, 15) is 9.59 Å². The van der Waals surface area contributed by atoms with Crippen molar-refractivity contribution in [2.75, 3.05) is 16.8 Å². The molecule has 0 spiro atoms. The van der Waals surface area contributed by atoms with Crippen LogP contribution in [0.1, 0.15) is 34.2 Å². The highest BCUT2D eigenvalue weighted by molar-refractivity contribution is 6.04.